The Morgan fingerprint density at radius 3 is 2.62 bits per heavy atom. The molecule has 2 aliphatic heterocycles. The van der Waals surface area contributed by atoms with Gasteiger partial charge in [-0.2, -0.15) is 0 Å². The highest BCUT2D eigenvalue weighted by Crippen LogP contribution is 2.56. The predicted molar refractivity (Wildman–Crippen MR) is 185 cm³/mol. The normalized spacial score (nSPS) is 21.0. The molecule has 10 nitrogen and oxygen atoms in total. The number of carbonyl (C=O) groups is 2. The first-order valence-corrected chi connectivity index (χ1v) is 16.8. The Hall–Kier alpha value is -3.86. The second kappa shape index (κ2) is 12.6. The molecule has 47 heavy (non-hydrogen) atoms. The van der Waals surface area contributed by atoms with Gasteiger partial charge in [-0.25, -0.2) is 4.98 Å². The number of halogens is 2. The Balaban J connectivity index is 1.22. The van der Waals surface area contributed by atoms with Crippen LogP contribution in [-0.4, -0.2) is 85.5 Å². The summed E-state index contributed by atoms with van der Waals surface area (Å²) in [6, 6.07) is 8.38. The molecule has 2 saturated carbocycles. The molecule has 2 saturated heterocycles. The molecule has 1 aromatic carbocycles. The van der Waals surface area contributed by atoms with Gasteiger partial charge in [0.1, 0.15) is 23.7 Å². The Bertz CT molecular complexity index is 1820. The average molecular weight is 678 g/mol. The molecule has 1 spiro atoms. The molecule has 0 bridgehead atoms. The molecular formula is C35H38Cl2N6O4. The van der Waals surface area contributed by atoms with Gasteiger partial charge >= 0.3 is 0 Å². The van der Waals surface area contributed by atoms with E-state index in [1.54, 1.807) is 18.5 Å². The number of likely N-dealkylation sites (N-methyl/N-ethyl adjacent to an activating group) is 1. The van der Waals surface area contributed by atoms with Crippen LogP contribution in [0.2, 0.25) is 5.02 Å². The minimum absolute atomic E-state index is 0.000795. The highest BCUT2D eigenvalue weighted by Gasteiger charge is 2.52. The number of aldehydes is 2. The van der Waals surface area contributed by atoms with E-state index in [1.165, 1.54) is 12.2 Å². The quantitative estimate of drug-likeness (QED) is 0.124. The van der Waals surface area contributed by atoms with E-state index in [2.05, 4.69) is 34.1 Å². The van der Waals surface area contributed by atoms with Gasteiger partial charge in [0.05, 0.1) is 39.7 Å². The number of allylic oxidation sites excluding steroid dienone is 3. The number of anilines is 2. The predicted octanol–water partition coefficient (Wildman–Crippen LogP) is 4.89. The molecule has 246 valence electrons. The fourth-order valence-corrected chi connectivity index (χ4v) is 7.11. The summed E-state index contributed by atoms with van der Waals surface area (Å²) in [6.45, 7) is 3.01. The number of ether oxygens (including phenoxy) is 1. The molecule has 0 radical (unpaired) electrons. The standard InChI is InChI=1S/C35H38Cl2N6O4/c1-40(2)26-17-41(18-26)32-8-7-24(15-38-32)42-16-22(19-45)33(46)27-12-29(37)31(13-30(27)42)43-21-35(9-10-35)14-25(43)20-47-34(39-23-5-6-23)28(36)4-3-11-44/h3-4,7-8,11-13,15-16,19,23,25-26,39H,5-6,9-10,14,17-18,20-21H2,1-2H3/b4-3-,34-28-. The van der Waals surface area contributed by atoms with Crippen molar-refractivity contribution >= 4 is 58.2 Å². The van der Waals surface area contributed by atoms with Crippen LogP contribution >= 0.6 is 23.2 Å². The van der Waals surface area contributed by atoms with Crippen molar-refractivity contribution in [2.75, 3.05) is 50.1 Å². The lowest BCUT2D eigenvalue weighted by Crippen LogP contribution is -2.57. The molecule has 1 unspecified atom stereocenters. The van der Waals surface area contributed by atoms with E-state index >= 15 is 0 Å². The van der Waals surface area contributed by atoms with Gasteiger partial charge in [-0.15, -0.1) is 0 Å². The van der Waals surface area contributed by atoms with Crippen LogP contribution in [0.25, 0.3) is 16.6 Å². The fraction of sp³-hybridized carbons (Fsp3) is 0.429. The minimum Gasteiger partial charge on any atom is -0.476 e. The average Bonchev–Trinajstić information content (AvgIpc) is 3.97. The number of nitrogens with zero attached hydrogens (tertiary/aromatic N) is 5. The third-order valence-electron chi connectivity index (χ3n) is 9.91. The lowest BCUT2D eigenvalue weighted by Gasteiger charge is -2.43. The van der Waals surface area contributed by atoms with Gasteiger partial charge < -0.3 is 29.3 Å². The van der Waals surface area contributed by atoms with Crippen molar-refractivity contribution in [2.45, 2.75) is 50.2 Å². The van der Waals surface area contributed by atoms with Gasteiger partial charge in [-0.05, 0) is 88.0 Å². The Labute approximate surface area is 283 Å². The SMILES string of the molecule is CN(C)C1CN(c2ccc(-n3cc(C=O)c(=O)c4cc(Cl)c(N5CC6(CC6)CC5CO/C(NC5CC5)=C(Cl)/C=C\C=O)cc43)cn2)C1. The summed E-state index contributed by atoms with van der Waals surface area (Å²) in [5.74, 6) is 1.35. The number of carbonyl (C=O) groups excluding carboxylic acids is 2. The van der Waals surface area contributed by atoms with Gasteiger partial charge in [0.15, 0.2) is 11.7 Å². The first kappa shape index (κ1) is 31.7. The van der Waals surface area contributed by atoms with Gasteiger partial charge in [-0.3, -0.25) is 14.4 Å². The molecular weight excluding hydrogens is 639 g/mol. The number of benzene rings is 1. The van der Waals surface area contributed by atoms with Crippen molar-refractivity contribution in [1.82, 2.24) is 19.8 Å². The van der Waals surface area contributed by atoms with Crippen LogP contribution in [-0.2, 0) is 9.53 Å². The van der Waals surface area contributed by atoms with E-state index < -0.39 is 0 Å². The monoisotopic (exact) mass is 676 g/mol. The van der Waals surface area contributed by atoms with E-state index in [0.29, 0.717) is 58.1 Å². The van der Waals surface area contributed by atoms with Crippen molar-refractivity contribution in [3.63, 3.8) is 0 Å². The van der Waals surface area contributed by atoms with Crippen LogP contribution in [0.5, 0.6) is 0 Å². The number of hydrogen-bond donors (Lipinski definition) is 1. The molecule has 12 heteroatoms. The molecule has 2 aliphatic carbocycles. The summed E-state index contributed by atoms with van der Waals surface area (Å²) in [4.78, 5) is 47.7. The first-order chi connectivity index (χ1) is 22.7. The first-order valence-electron chi connectivity index (χ1n) is 16.1. The third-order valence-corrected chi connectivity index (χ3v) is 10.5. The molecule has 1 atom stereocenters. The van der Waals surface area contributed by atoms with Gasteiger partial charge in [-0.1, -0.05) is 23.2 Å². The molecule has 4 fully saturated rings. The zero-order valence-corrected chi connectivity index (χ0v) is 28.0. The summed E-state index contributed by atoms with van der Waals surface area (Å²) in [5.41, 5.74) is 2.06. The van der Waals surface area contributed by atoms with Crippen LogP contribution < -0.4 is 20.5 Å². The molecule has 7 rings (SSSR count). The number of fused-ring (bicyclic) bond motifs is 1. The van der Waals surface area contributed by atoms with Gasteiger partial charge in [0.2, 0.25) is 5.88 Å². The van der Waals surface area contributed by atoms with Crippen LogP contribution in [0, 0.1) is 5.41 Å². The highest BCUT2D eigenvalue weighted by molar-refractivity contribution is 6.34. The topological polar surface area (TPSA) is 100 Å². The van der Waals surface area contributed by atoms with Crippen molar-refractivity contribution < 1.29 is 14.3 Å². The molecule has 0 amide bonds. The van der Waals surface area contributed by atoms with E-state index in [-0.39, 0.29) is 22.4 Å². The van der Waals surface area contributed by atoms with Crippen LogP contribution in [0.4, 0.5) is 11.5 Å². The van der Waals surface area contributed by atoms with Crippen molar-refractivity contribution in [3.05, 3.63) is 80.5 Å². The smallest absolute Gasteiger partial charge is 0.206 e. The summed E-state index contributed by atoms with van der Waals surface area (Å²) >= 11 is 13.5. The summed E-state index contributed by atoms with van der Waals surface area (Å²) in [5, 5.41) is 4.50. The molecule has 3 aromatic rings. The molecule has 4 heterocycles. The van der Waals surface area contributed by atoms with Gasteiger partial charge in [0.25, 0.3) is 0 Å². The number of rotatable bonds is 12. The highest BCUT2D eigenvalue weighted by atomic mass is 35.5. The number of pyridine rings is 2. The van der Waals surface area contributed by atoms with E-state index in [1.807, 2.05) is 22.8 Å². The molecule has 4 aliphatic rings. The lowest BCUT2D eigenvalue weighted by molar-refractivity contribution is -0.104. The van der Waals surface area contributed by atoms with Crippen LogP contribution in [0.1, 0.15) is 42.5 Å². The fourth-order valence-electron chi connectivity index (χ4n) is 6.66. The van der Waals surface area contributed by atoms with E-state index in [9.17, 15) is 14.4 Å². The van der Waals surface area contributed by atoms with Crippen molar-refractivity contribution in [1.29, 1.82) is 0 Å². The Kier molecular flexibility index (Phi) is 8.53. The zero-order chi connectivity index (χ0) is 32.9. The van der Waals surface area contributed by atoms with E-state index in [4.69, 9.17) is 32.9 Å². The zero-order valence-electron chi connectivity index (χ0n) is 26.5. The Morgan fingerprint density at radius 1 is 1.19 bits per heavy atom. The minimum atomic E-state index is -0.362. The van der Waals surface area contributed by atoms with Crippen LogP contribution in [0.3, 0.4) is 0 Å². The maximum absolute atomic E-state index is 13.4. The number of aromatic nitrogens is 2. The Morgan fingerprint density at radius 2 is 1.98 bits per heavy atom. The summed E-state index contributed by atoms with van der Waals surface area (Å²) < 4.78 is 8.17. The maximum atomic E-state index is 13.4. The second-order valence-electron chi connectivity index (χ2n) is 13.5. The number of nitrogens with one attached hydrogen (secondary N) is 1. The van der Waals surface area contributed by atoms with E-state index in [0.717, 1.165) is 68.9 Å². The van der Waals surface area contributed by atoms with Crippen molar-refractivity contribution in [2.24, 2.45) is 5.41 Å². The second-order valence-corrected chi connectivity index (χ2v) is 14.3. The van der Waals surface area contributed by atoms with Crippen LogP contribution in [0.15, 0.2) is 64.5 Å². The third kappa shape index (κ3) is 6.38. The summed E-state index contributed by atoms with van der Waals surface area (Å²) in [6.07, 6.45) is 12.8. The maximum Gasteiger partial charge on any atom is 0.206 e. The molecule has 1 N–H and O–H groups in total. The van der Waals surface area contributed by atoms with Crippen molar-refractivity contribution in [3.8, 4) is 5.69 Å². The van der Waals surface area contributed by atoms with Gasteiger partial charge in [0, 0.05) is 43.3 Å². The lowest BCUT2D eigenvalue weighted by atomic mass is 10.0. The number of hydrogen-bond acceptors (Lipinski definition) is 9. The molecule has 2 aromatic heterocycles. The summed E-state index contributed by atoms with van der Waals surface area (Å²) in [7, 11) is 4.16. The largest absolute Gasteiger partial charge is 0.476 e.